The van der Waals surface area contributed by atoms with Gasteiger partial charge in [-0.2, -0.15) is 4.72 Å². The van der Waals surface area contributed by atoms with Crippen molar-refractivity contribution in [2.45, 2.75) is 18.1 Å². The molecule has 0 aliphatic carbocycles. The highest BCUT2D eigenvalue weighted by Crippen LogP contribution is 2.47. The second kappa shape index (κ2) is 11.9. The molecule has 1 heterocycles. The molecule has 170 valence electrons. The number of sulfonamides is 1. The zero-order valence-electron chi connectivity index (χ0n) is 16.6. The third kappa shape index (κ3) is 6.97. The number of rotatable bonds is 14. The largest absolute Gasteiger partial charge is 0.488 e. The van der Waals surface area contributed by atoms with Crippen LogP contribution in [0.5, 0.6) is 11.5 Å². The van der Waals surface area contributed by atoms with Crippen LogP contribution in [0.4, 0.5) is 0 Å². The summed E-state index contributed by atoms with van der Waals surface area (Å²) in [5.41, 5.74) is 0. The lowest BCUT2D eigenvalue weighted by atomic mass is 10.2. The second-order valence-electron chi connectivity index (χ2n) is 5.73. The topological polar surface area (TPSA) is 100 Å². The molecule has 2 rings (SSSR count). The Bertz CT molecular complexity index is 929. The first-order chi connectivity index (χ1) is 14.3. The number of hydrogen-bond donors (Lipinski definition) is 1. The Hall–Kier alpha value is -0.580. The van der Waals surface area contributed by atoms with E-state index in [0.29, 0.717) is 33.3 Å². The molecule has 0 amide bonds. The van der Waals surface area contributed by atoms with Gasteiger partial charge >= 0.3 is 7.60 Å². The molecule has 2 aromatic rings. The molecule has 0 radical (unpaired) electrons. The van der Waals surface area contributed by atoms with Gasteiger partial charge < -0.3 is 18.5 Å². The average molecular weight is 520 g/mol. The number of halogens is 2. The van der Waals surface area contributed by atoms with Gasteiger partial charge in [-0.1, -0.05) is 0 Å². The third-order valence-electron chi connectivity index (χ3n) is 3.59. The summed E-state index contributed by atoms with van der Waals surface area (Å²) < 4.78 is 62.5. The van der Waals surface area contributed by atoms with E-state index in [1.807, 2.05) is 0 Å². The lowest BCUT2D eigenvalue weighted by Crippen LogP contribution is -2.25. The predicted molar refractivity (Wildman–Crippen MR) is 120 cm³/mol. The van der Waals surface area contributed by atoms with Gasteiger partial charge in [0, 0.05) is 10.8 Å². The maximum atomic E-state index is 12.7. The van der Waals surface area contributed by atoms with Gasteiger partial charge in [-0.3, -0.25) is 4.57 Å². The molecule has 0 aliphatic heterocycles. The van der Waals surface area contributed by atoms with E-state index in [4.69, 9.17) is 41.7 Å². The van der Waals surface area contributed by atoms with E-state index >= 15 is 0 Å². The van der Waals surface area contributed by atoms with Gasteiger partial charge in [-0.15, -0.1) is 34.5 Å². The molecular formula is C17H24Cl2NO7PS2. The van der Waals surface area contributed by atoms with Crippen LogP contribution in [0.1, 0.15) is 13.8 Å². The molecule has 30 heavy (non-hydrogen) atoms. The van der Waals surface area contributed by atoms with Crippen LogP contribution < -0.4 is 14.2 Å². The Balaban J connectivity index is 2.30. The van der Waals surface area contributed by atoms with Crippen LogP contribution in [0.2, 0.25) is 0 Å². The summed E-state index contributed by atoms with van der Waals surface area (Å²) in [5, 5.41) is 0.654. The summed E-state index contributed by atoms with van der Waals surface area (Å²) in [5.74, 6) is 1.48. The van der Waals surface area contributed by atoms with Crippen molar-refractivity contribution in [3.05, 3.63) is 18.2 Å². The molecule has 1 aromatic carbocycles. The van der Waals surface area contributed by atoms with Crippen molar-refractivity contribution in [3.63, 3.8) is 0 Å². The molecule has 0 bridgehead atoms. The van der Waals surface area contributed by atoms with Gasteiger partial charge in [0.2, 0.25) is 0 Å². The SMILES string of the molecule is CCOP(=O)(CNS(=O)(=O)c1cc2cc(OCCCl)c(OCCCl)cc2s1)OCC. The van der Waals surface area contributed by atoms with E-state index in [1.54, 1.807) is 26.0 Å². The van der Waals surface area contributed by atoms with Gasteiger partial charge in [0.25, 0.3) is 10.0 Å². The maximum absolute atomic E-state index is 12.7. The molecule has 0 fully saturated rings. The van der Waals surface area contributed by atoms with Crippen LogP contribution in [0.25, 0.3) is 10.1 Å². The number of alkyl halides is 2. The highest BCUT2D eigenvalue weighted by atomic mass is 35.5. The first-order valence-electron chi connectivity index (χ1n) is 9.11. The zero-order chi connectivity index (χ0) is 22.2. The fourth-order valence-corrected chi connectivity index (χ4v) is 7.06. The van der Waals surface area contributed by atoms with Crippen molar-refractivity contribution < 1.29 is 31.5 Å². The monoisotopic (exact) mass is 519 g/mol. The van der Waals surface area contributed by atoms with E-state index in [2.05, 4.69) is 4.72 Å². The Morgan fingerprint density at radius 1 is 1.00 bits per heavy atom. The van der Waals surface area contributed by atoms with Gasteiger partial charge in [0.15, 0.2) is 11.5 Å². The first kappa shape index (κ1) is 25.7. The van der Waals surface area contributed by atoms with Crippen LogP contribution in [0.15, 0.2) is 22.4 Å². The molecule has 0 atom stereocenters. The van der Waals surface area contributed by atoms with E-state index in [9.17, 15) is 13.0 Å². The normalized spacial score (nSPS) is 12.4. The quantitative estimate of drug-likeness (QED) is 0.286. The number of nitrogens with one attached hydrogen (secondary N) is 1. The molecule has 1 aromatic heterocycles. The van der Waals surface area contributed by atoms with Crippen LogP contribution in [0.3, 0.4) is 0 Å². The molecular weight excluding hydrogens is 496 g/mol. The van der Waals surface area contributed by atoms with Gasteiger partial charge in [-0.25, -0.2) is 8.42 Å². The Morgan fingerprint density at radius 2 is 1.57 bits per heavy atom. The lowest BCUT2D eigenvalue weighted by molar-refractivity contribution is 0.219. The first-order valence-corrected chi connectivity index (χ1v) is 14.2. The minimum absolute atomic E-state index is 0.0508. The summed E-state index contributed by atoms with van der Waals surface area (Å²) in [6, 6.07) is 4.89. The standard InChI is InChI=1S/C17H24Cl2NO7PS2/c1-3-26-28(21,27-4-2)12-20-30(22,23)17-10-13-9-14(24-7-5-18)15(25-8-6-19)11-16(13)29-17/h9-11,20H,3-8,12H2,1-2H3. The zero-order valence-corrected chi connectivity index (χ0v) is 20.6. The number of benzene rings is 1. The Morgan fingerprint density at radius 3 is 2.10 bits per heavy atom. The van der Waals surface area contributed by atoms with Crippen molar-refractivity contribution in [1.29, 1.82) is 0 Å². The van der Waals surface area contributed by atoms with E-state index in [0.717, 1.165) is 11.3 Å². The lowest BCUT2D eigenvalue weighted by Gasteiger charge is -2.17. The molecule has 0 spiro atoms. The summed E-state index contributed by atoms with van der Waals surface area (Å²) in [6.45, 7) is 4.12. The smallest absolute Gasteiger partial charge is 0.345 e. The predicted octanol–water partition coefficient (Wildman–Crippen LogP) is 4.64. The molecule has 0 saturated heterocycles. The van der Waals surface area contributed by atoms with Gasteiger partial charge in [-0.05, 0) is 31.4 Å². The number of hydrogen-bond acceptors (Lipinski definition) is 8. The molecule has 1 N–H and O–H groups in total. The maximum Gasteiger partial charge on any atom is 0.345 e. The summed E-state index contributed by atoms with van der Waals surface area (Å²) >= 11 is 12.4. The Kier molecular flexibility index (Phi) is 10.2. The summed E-state index contributed by atoms with van der Waals surface area (Å²) in [6.07, 6.45) is -0.459. The number of ether oxygens (including phenoxy) is 2. The highest BCUT2D eigenvalue weighted by Gasteiger charge is 2.28. The van der Waals surface area contributed by atoms with Crippen LogP contribution >= 0.6 is 42.1 Å². The number of fused-ring (bicyclic) bond motifs is 1. The van der Waals surface area contributed by atoms with Crippen LogP contribution in [0, 0.1) is 0 Å². The van der Waals surface area contributed by atoms with Crippen molar-refractivity contribution in [2.75, 3.05) is 44.5 Å². The van der Waals surface area contributed by atoms with Gasteiger partial charge in [0.1, 0.15) is 23.7 Å². The summed E-state index contributed by atoms with van der Waals surface area (Å²) in [4.78, 5) is 0. The minimum Gasteiger partial charge on any atom is -0.488 e. The molecule has 0 unspecified atom stereocenters. The third-order valence-corrected chi connectivity index (χ3v) is 8.94. The molecule has 8 nitrogen and oxygen atoms in total. The molecule has 0 aliphatic rings. The molecule has 0 saturated carbocycles. The van der Waals surface area contributed by atoms with Crippen molar-refractivity contribution in [2.24, 2.45) is 0 Å². The van der Waals surface area contributed by atoms with Crippen molar-refractivity contribution >= 4 is 62.2 Å². The van der Waals surface area contributed by atoms with E-state index in [1.165, 1.54) is 6.07 Å². The van der Waals surface area contributed by atoms with E-state index < -0.39 is 23.9 Å². The average Bonchev–Trinajstić information content (AvgIpc) is 3.13. The fraction of sp³-hybridized carbons (Fsp3) is 0.529. The van der Waals surface area contributed by atoms with E-state index in [-0.39, 0.29) is 30.6 Å². The summed E-state index contributed by atoms with van der Waals surface area (Å²) in [7, 11) is -7.50. The highest BCUT2D eigenvalue weighted by molar-refractivity contribution is 7.92. The Labute approximate surface area is 190 Å². The minimum atomic E-state index is -3.94. The van der Waals surface area contributed by atoms with Crippen LogP contribution in [-0.2, 0) is 23.6 Å². The second-order valence-corrected chi connectivity index (χ2v) is 11.6. The van der Waals surface area contributed by atoms with Crippen LogP contribution in [-0.4, -0.2) is 52.9 Å². The fourth-order valence-electron chi connectivity index (χ4n) is 2.44. The number of thiophene rings is 1. The van der Waals surface area contributed by atoms with Crippen molar-refractivity contribution in [1.82, 2.24) is 4.72 Å². The van der Waals surface area contributed by atoms with Crippen molar-refractivity contribution in [3.8, 4) is 11.5 Å². The van der Waals surface area contributed by atoms with Gasteiger partial charge in [0.05, 0.1) is 25.0 Å². The molecule has 13 heteroatoms.